The fourth-order valence-electron chi connectivity index (χ4n) is 1.23. The van der Waals surface area contributed by atoms with Crippen molar-refractivity contribution in [2.75, 3.05) is 6.54 Å². The van der Waals surface area contributed by atoms with Crippen LogP contribution in [0.2, 0.25) is 0 Å². The van der Waals surface area contributed by atoms with Crippen molar-refractivity contribution in [3.8, 4) is 0 Å². The van der Waals surface area contributed by atoms with Gasteiger partial charge in [0.05, 0.1) is 5.56 Å². The van der Waals surface area contributed by atoms with Gasteiger partial charge in [-0.25, -0.2) is 0 Å². The first-order valence-electron chi connectivity index (χ1n) is 5.21. The van der Waals surface area contributed by atoms with Crippen LogP contribution in [0.4, 0.5) is 0 Å². The lowest BCUT2D eigenvalue weighted by Gasteiger charge is -2.03. The summed E-state index contributed by atoms with van der Waals surface area (Å²) in [6.45, 7) is 2.80. The van der Waals surface area contributed by atoms with Crippen LogP contribution in [-0.4, -0.2) is 17.4 Å². The third-order valence-corrected chi connectivity index (χ3v) is 2.11. The molecule has 82 valence electrons. The molecule has 0 spiro atoms. The van der Waals surface area contributed by atoms with Crippen LogP contribution in [0.3, 0.4) is 0 Å². The second-order valence-electron chi connectivity index (χ2n) is 3.40. The normalized spacial score (nSPS) is 9.93. The zero-order valence-electron chi connectivity index (χ0n) is 8.88. The van der Waals surface area contributed by atoms with E-state index in [2.05, 4.69) is 17.2 Å². The molecule has 4 heteroatoms. The van der Waals surface area contributed by atoms with Crippen molar-refractivity contribution in [3.05, 3.63) is 34.2 Å². The largest absolute Gasteiger partial charge is 0.352 e. The molecule has 15 heavy (non-hydrogen) atoms. The van der Waals surface area contributed by atoms with Gasteiger partial charge in [-0.15, -0.1) is 0 Å². The summed E-state index contributed by atoms with van der Waals surface area (Å²) in [7, 11) is 0. The molecule has 0 fully saturated rings. The number of carbonyl (C=O) groups excluding carboxylic acids is 1. The minimum Gasteiger partial charge on any atom is -0.352 e. The number of H-pyrrole nitrogens is 1. The Bertz CT molecular complexity index is 351. The summed E-state index contributed by atoms with van der Waals surface area (Å²) in [5.74, 6) is -0.137. The number of amides is 1. The van der Waals surface area contributed by atoms with E-state index in [1.54, 1.807) is 0 Å². The number of aromatic amines is 1. The summed E-state index contributed by atoms with van der Waals surface area (Å²) in [5.41, 5.74) is 0.295. The first kappa shape index (κ1) is 11.5. The van der Waals surface area contributed by atoms with Crippen molar-refractivity contribution in [1.82, 2.24) is 10.3 Å². The van der Waals surface area contributed by atoms with E-state index in [0.717, 1.165) is 19.3 Å². The van der Waals surface area contributed by atoms with E-state index < -0.39 is 0 Å². The highest BCUT2D eigenvalue weighted by atomic mass is 16.1. The highest BCUT2D eigenvalue weighted by molar-refractivity contribution is 5.93. The number of aromatic nitrogens is 1. The number of hydrogen-bond acceptors (Lipinski definition) is 2. The number of rotatable bonds is 5. The van der Waals surface area contributed by atoms with Crippen LogP contribution in [0.1, 0.15) is 36.5 Å². The molecule has 1 amide bonds. The molecule has 0 aliphatic rings. The minimum atomic E-state index is -0.197. The zero-order chi connectivity index (χ0) is 11.1. The van der Waals surface area contributed by atoms with Crippen molar-refractivity contribution in [2.45, 2.75) is 26.2 Å². The summed E-state index contributed by atoms with van der Waals surface area (Å²) in [6.07, 6.45) is 4.67. The minimum absolute atomic E-state index is 0.137. The summed E-state index contributed by atoms with van der Waals surface area (Å²) in [6, 6.07) is 2.87. The molecular formula is C11H16N2O2. The Labute approximate surface area is 88.7 Å². The maximum Gasteiger partial charge on any atom is 0.252 e. The molecule has 4 nitrogen and oxygen atoms in total. The van der Waals surface area contributed by atoms with Gasteiger partial charge in [0.25, 0.3) is 5.91 Å². The van der Waals surface area contributed by atoms with Gasteiger partial charge >= 0.3 is 0 Å². The highest BCUT2D eigenvalue weighted by Crippen LogP contribution is 1.95. The van der Waals surface area contributed by atoms with Crippen molar-refractivity contribution in [1.29, 1.82) is 0 Å². The molecule has 0 bridgehead atoms. The smallest absolute Gasteiger partial charge is 0.252 e. The molecule has 2 N–H and O–H groups in total. The molecule has 1 aromatic heterocycles. The van der Waals surface area contributed by atoms with Crippen LogP contribution in [0.5, 0.6) is 0 Å². The summed E-state index contributed by atoms with van der Waals surface area (Å²) in [5, 5.41) is 2.79. The molecule has 0 saturated carbocycles. The van der Waals surface area contributed by atoms with Crippen LogP contribution in [0.15, 0.2) is 23.1 Å². The predicted octanol–water partition coefficient (Wildman–Crippen LogP) is 1.29. The Kier molecular flexibility index (Phi) is 4.60. The Morgan fingerprint density at radius 1 is 1.40 bits per heavy atom. The molecule has 0 aliphatic carbocycles. The van der Waals surface area contributed by atoms with Gasteiger partial charge in [-0.3, -0.25) is 9.59 Å². The van der Waals surface area contributed by atoms with Crippen molar-refractivity contribution in [2.24, 2.45) is 0 Å². The van der Waals surface area contributed by atoms with Crippen molar-refractivity contribution in [3.63, 3.8) is 0 Å². The van der Waals surface area contributed by atoms with E-state index in [1.165, 1.54) is 18.3 Å². The number of nitrogens with one attached hydrogen (secondary N) is 2. The van der Waals surface area contributed by atoms with Gasteiger partial charge in [0.2, 0.25) is 5.56 Å². The standard InChI is InChI=1S/C11H16N2O2/c1-2-3-4-7-12-11(15)9-5-6-10(14)13-8-9/h5-6,8H,2-4,7H2,1H3,(H,12,15)(H,13,14). The first-order valence-corrected chi connectivity index (χ1v) is 5.21. The molecule has 0 aromatic carbocycles. The molecule has 0 atom stereocenters. The molecule has 0 aliphatic heterocycles. The number of carbonyl (C=O) groups is 1. The van der Waals surface area contributed by atoms with Crippen LogP contribution in [0.25, 0.3) is 0 Å². The molecular weight excluding hydrogens is 192 g/mol. The summed E-state index contributed by atoms with van der Waals surface area (Å²) in [4.78, 5) is 24.7. The maximum absolute atomic E-state index is 11.5. The fourth-order valence-corrected chi connectivity index (χ4v) is 1.23. The monoisotopic (exact) mass is 208 g/mol. The van der Waals surface area contributed by atoms with Crippen LogP contribution in [-0.2, 0) is 0 Å². The van der Waals surface area contributed by atoms with E-state index in [1.807, 2.05) is 0 Å². The molecule has 1 heterocycles. The van der Waals surface area contributed by atoms with Crippen molar-refractivity contribution >= 4 is 5.91 Å². The molecule has 1 rings (SSSR count). The highest BCUT2D eigenvalue weighted by Gasteiger charge is 2.03. The fraction of sp³-hybridized carbons (Fsp3) is 0.455. The van der Waals surface area contributed by atoms with Gasteiger partial charge < -0.3 is 10.3 Å². The third-order valence-electron chi connectivity index (χ3n) is 2.11. The van der Waals surface area contributed by atoms with E-state index in [4.69, 9.17) is 0 Å². The number of unbranched alkanes of at least 4 members (excludes halogenated alkanes) is 2. The number of hydrogen-bond donors (Lipinski definition) is 2. The van der Waals surface area contributed by atoms with Gasteiger partial charge in [-0.2, -0.15) is 0 Å². The Hall–Kier alpha value is -1.58. The Morgan fingerprint density at radius 2 is 2.20 bits per heavy atom. The van der Waals surface area contributed by atoms with Crippen LogP contribution >= 0.6 is 0 Å². The topological polar surface area (TPSA) is 62.0 Å². The molecule has 0 saturated heterocycles. The van der Waals surface area contributed by atoms with Crippen LogP contribution < -0.4 is 10.9 Å². The van der Waals surface area contributed by atoms with Gasteiger partial charge in [0, 0.05) is 18.8 Å². The molecule has 0 unspecified atom stereocenters. The number of pyridine rings is 1. The summed E-state index contributed by atoms with van der Waals surface area (Å²) >= 11 is 0. The maximum atomic E-state index is 11.5. The molecule has 0 radical (unpaired) electrons. The Morgan fingerprint density at radius 3 is 2.80 bits per heavy atom. The Balaban J connectivity index is 2.40. The lowest BCUT2D eigenvalue weighted by atomic mass is 10.2. The first-order chi connectivity index (χ1) is 7.24. The van der Waals surface area contributed by atoms with Gasteiger partial charge in [0.15, 0.2) is 0 Å². The van der Waals surface area contributed by atoms with Gasteiger partial charge in [0.1, 0.15) is 0 Å². The SMILES string of the molecule is CCCCCNC(=O)c1ccc(=O)[nH]c1. The van der Waals surface area contributed by atoms with E-state index in [9.17, 15) is 9.59 Å². The second kappa shape index (κ2) is 6.01. The zero-order valence-corrected chi connectivity index (χ0v) is 8.88. The molecule has 1 aromatic rings. The third kappa shape index (κ3) is 3.97. The van der Waals surface area contributed by atoms with Gasteiger partial charge in [-0.05, 0) is 12.5 Å². The van der Waals surface area contributed by atoms with Crippen molar-refractivity contribution < 1.29 is 4.79 Å². The van der Waals surface area contributed by atoms with Crippen LogP contribution in [0, 0.1) is 0 Å². The van der Waals surface area contributed by atoms with E-state index >= 15 is 0 Å². The lowest BCUT2D eigenvalue weighted by molar-refractivity contribution is 0.0952. The average Bonchev–Trinajstić information content (AvgIpc) is 2.25. The van der Waals surface area contributed by atoms with Gasteiger partial charge in [-0.1, -0.05) is 19.8 Å². The van der Waals surface area contributed by atoms with E-state index in [-0.39, 0.29) is 11.5 Å². The predicted molar refractivity (Wildman–Crippen MR) is 58.9 cm³/mol. The quantitative estimate of drug-likeness (QED) is 0.716. The average molecular weight is 208 g/mol. The van der Waals surface area contributed by atoms with E-state index in [0.29, 0.717) is 12.1 Å². The lowest BCUT2D eigenvalue weighted by Crippen LogP contribution is -2.25. The second-order valence-corrected chi connectivity index (χ2v) is 3.40. The summed E-state index contributed by atoms with van der Waals surface area (Å²) < 4.78 is 0.